The first-order chi connectivity index (χ1) is 19.1. The van der Waals surface area contributed by atoms with E-state index in [0.717, 1.165) is 46.3 Å². The topological polar surface area (TPSA) is 96.2 Å². The fourth-order valence-electron chi connectivity index (χ4n) is 7.02. The molecule has 2 aliphatic heterocycles. The van der Waals surface area contributed by atoms with Crippen LogP contribution in [0, 0.1) is 17.8 Å². The highest BCUT2D eigenvalue weighted by Crippen LogP contribution is 2.57. The summed E-state index contributed by atoms with van der Waals surface area (Å²) < 4.78 is 40.6. The molecule has 212 valence electrons. The molecule has 3 aromatic rings. The molecule has 1 saturated heterocycles. The molecule has 0 radical (unpaired) electrons. The molecule has 40 heavy (non-hydrogen) atoms. The summed E-state index contributed by atoms with van der Waals surface area (Å²) >= 11 is 0. The van der Waals surface area contributed by atoms with Gasteiger partial charge in [-0.15, -0.1) is 10.2 Å². The Morgan fingerprint density at radius 2 is 1.90 bits per heavy atom. The summed E-state index contributed by atoms with van der Waals surface area (Å²) in [5, 5.41) is 11.2. The number of pyridine rings is 1. The second-order valence-electron chi connectivity index (χ2n) is 11.9. The van der Waals surface area contributed by atoms with Crippen LogP contribution in [0.1, 0.15) is 56.0 Å². The van der Waals surface area contributed by atoms with Crippen LogP contribution in [-0.2, 0) is 24.1 Å². The van der Waals surface area contributed by atoms with Gasteiger partial charge in [0.2, 0.25) is 11.7 Å². The van der Waals surface area contributed by atoms with Gasteiger partial charge in [-0.2, -0.15) is 13.2 Å². The number of nitrogens with zero attached hydrogens (tertiary/aromatic N) is 6. The third-order valence-corrected chi connectivity index (χ3v) is 9.28. The Morgan fingerprint density at radius 1 is 1.10 bits per heavy atom. The summed E-state index contributed by atoms with van der Waals surface area (Å²) in [4.78, 5) is 34.7. The van der Waals surface area contributed by atoms with Crippen LogP contribution in [0.5, 0.6) is 0 Å². The van der Waals surface area contributed by atoms with Gasteiger partial charge in [0, 0.05) is 61.9 Å². The van der Waals surface area contributed by atoms with Gasteiger partial charge in [0.1, 0.15) is 0 Å². The number of fused-ring (bicyclic) bond motifs is 2. The van der Waals surface area contributed by atoms with Gasteiger partial charge in [-0.25, -0.2) is 0 Å². The molecule has 8 rings (SSSR count). The number of nitrogens with one attached hydrogen (secondary N) is 1. The number of carbonyl (C=O) groups is 2. The van der Waals surface area contributed by atoms with Gasteiger partial charge in [0.25, 0.3) is 5.91 Å². The summed E-state index contributed by atoms with van der Waals surface area (Å²) in [5.74, 6) is -0.349. The van der Waals surface area contributed by atoms with E-state index in [1.165, 1.54) is 0 Å². The molecule has 5 aliphatic rings. The van der Waals surface area contributed by atoms with Crippen molar-refractivity contribution in [3.8, 4) is 0 Å². The van der Waals surface area contributed by atoms with E-state index < -0.39 is 12.0 Å². The van der Waals surface area contributed by atoms with Gasteiger partial charge < -0.3 is 19.7 Å². The molecule has 4 heterocycles. The number of hydrogen-bond acceptors (Lipinski definition) is 6. The van der Waals surface area contributed by atoms with Crippen molar-refractivity contribution in [1.29, 1.82) is 0 Å². The largest absolute Gasteiger partial charge is 0.451 e. The highest BCUT2D eigenvalue weighted by Gasteiger charge is 2.57. The number of alkyl halides is 3. The maximum absolute atomic E-state index is 13.4. The number of piperidine rings is 1. The van der Waals surface area contributed by atoms with Crippen molar-refractivity contribution in [2.24, 2.45) is 17.8 Å². The first-order valence-corrected chi connectivity index (χ1v) is 13.8. The lowest BCUT2D eigenvalue weighted by Crippen LogP contribution is -2.68. The molecule has 9 nitrogen and oxygen atoms in total. The van der Waals surface area contributed by atoms with E-state index in [0.29, 0.717) is 25.1 Å². The summed E-state index contributed by atoms with van der Waals surface area (Å²) in [6, 6.07) is 7.62. The maximum atomic E-state index is 13.4. The molecule has 0 spiro atoms. The number of aromatic nitrogens is 4. The molecule has 2 bridgehead atoms. The predicted molar refractivity (Wildman–Crippen MR) is 141 cm³/mol. The van der Waals surface area contributed by atoms with Gasteiger partial charge in [-0.05, 0) is 61.8 Å². The first-order valence-electron chi connectivity index (χ1n) is 13.8. The highest BCUT2D eigenvalue weighted by molar-refractivity contribution is 6.01. The highest BCUT2D eigenvalue weighted by atomic mass is 19.4. The van der Waals surface area contributed by atoms with Crippen LogP contribution < -0.4 is 10.2 Å². The van der Waals surface area contributed by atoms with Crippen LogP contribution in [0.25, 0.3) is 10.9 Å². The first kappa shape index (κ1) is 25.3. The summed E-state index contributed by atoms with van der Waals surface area (Å²) in [5.41, 5.74) is 2.39. The zero-order chi connectivity index (χ0) is 27.8. The standard InChI is InChI=1S/C28H30F3N7O2.H2/c1-16-14-36(7-5-19(16)25(40)37-8-9-38-23(15-37)34-35-26(38)28(29,30)31)22-4-6-32-21-10-18(2-3-20(21)22)24(39)33-27-11-17(12-27)13-27;/h2-4,6,10,16-17,19H,5,7-9,11-15H2,1H3,(H,33,39);1H/t16-,17?,19+,27?;/m1./s1. The zero-order valence-corrected chi connectivity index (χ0v) is 22.1. The summed E-state index contributed by atoms with van der Waals surface area (Å²) in [7, 11) is 0. The van der Waals surface area contributed by atoms with Gasteiger partial charge in [-0.1, -0.05) is 6.92 Å². The van der Waals surface area contributed by atoms with E-state index in [4.69, 9.17) is 0 Å². The van der Waals surface area contributed by atoms with Crippen LogP contribution in [-0.4, -0.2) is 61.6 Å². The monoisotopic (exact) mass is 555 g/mol. The predicted octanol–water partition coefficient (Wildman–Crippen LogP) is 3.88. The van der Waals surface area contributed by atoms with Crippen molar-refractivity contribution in [3.63, 3.8) is 0 Å². The number of anilines is 1. The minimum atomic E-state index is -4.57. The molecule has 2 amide bonds. The Hall–Kier alpha value is -3.70. The van der Waals surface area contributed by atoms with E-state index in [1.54, 1.807) is 11.1 Å². The van der Waals surface area contributed by atoms with Gasteiger partial charge in [0.05, 0.1) is 12.1 Å². The minimum absolute atomic E-state index is 0. The maximum Gasteiger partial charge on any atom is 0.451 e. The molecular formula is C28H32F3N7O2. The zero-order valence-electron chi connectivity index (χ0n) is 22.1. The molecule has 1 aromatic carbocycles. The third kappa shape index (κ3) is 4.10. The van der Waals surface area contributed by atoms with Crippen LogP contribution in [0.3, 0.4) is 0 Å². The van der Waals surface area contributed by atoms with Crippen molar-refractivity contribution in [1.82, 2.24) is 30.0 Å². The molecular weight excluding hydrogens is 523 g/mol. The van der Waals surface area contributed by atoms with Crippen molar-refractivity contribution < 1.29 is 24.2 Å². The molecule has 3 saturated carbocycles. The normalized spacial score (nSPS) is 27.6. The van der Waals surface area contributed by atoms with E-state index >= 15 is 0 Å². The van der Waals surface area contributed by atoms with E-state index in [1.807, 2.05) is 31.2 Å². The Labute approximate surface area is 230 Å². The molecule has 1 N–H and O–H groups in total. The Bertz CT molecular complexity index is 1510. The van der Waals surface area contributed by atoms with Crippen LogP contribution >= 0.6 is 0 Å². The van der Waals surface area contributed by atoms with Crippen molar-refractivity contribution in [2.45, 2.75) is 57.4 Å². The number of carbonyl (C=O) groups excluding carboxylic acids is 2. The minimum Gasteiger partial charge on any atom is -0.371 e. The van der Waals surface area contributed by atoms with E-state index in [9.17, 15) is 22.8 Å². The van der Waals surface area contributed by atoms with Crippen LogP contribution in [0.2, 0.25) is 0 Å². The second kappa shape index (κ2) is 8.90. The molecule has 0 unspecified atom stereocenters. The van der Waals surface area contributed by atoms with Crippen LogP contribution in [0.4, 0.5) is 18.9 Å². The van der Waals surface area contributed by atoms with Crippen LogP contribution in [0.15, 0.2) is 30.5 Å². The number of benzene rings is 1. The molecule has 2 atom stereocenters. The molecule has 3 aliphatic carbocycles. The number of amides is 2. The molecule has 4 fully saturated rings. The van der Waals surface area contributed by atoms with Crippen molar-refractivity contribution >= 4 is 28.4 Å². The quantitative estimate of drug-likeness (QED) is 0.525. The Balaban J connectivity index is 0.00000302. The number of rotatable bonds is 4. The van der Waals surface area contributed by atoms with Crippen molar-refractivity contribution in [2.75, 3.05) is 24.5 Å². The average Bonchev–Trinajstić information content (AvgIpc) is 3.33. The Morgan fingerprint density at radius 3 is 2.60 bits per heavy atom. The van der Waals surface area contributed by atoms with E-state index in [-0.39, 0.29) is 56.1 Å². The Kier molecular flexibility index (Phi) is 5.63. The third-order valence-electron chi connectivity index (χ3n) is 9.28. The van der Waals surface area contributed by atoms with Crippen molar-refractivity contribution in [3.05, 3.63) is 47.7 Å². The SMILES string of the molecule is C[C@@H]1CN(c2ccnc3cc(C(=O)NC45CC(C4)C5)ccc23)CC[C@@H]1C(=O)N1CCn2c(nnc2C(F)(F)F)C1.[HH]. The number of hydrogen-bond donors (Lipinski definition) is 1. The smallest absolute Gasteiger partial charge is 0.371 e. The summed E-state index contributed by atoms with van der Waals surface area (Å²) in [6.07, 6.45) is 1.07. The summed E-state index contributed by atoms with van der Waals surface area (Å²) in [6.45, 7) is 3.62. The lowest BCUT2D eigenvalue weighted by molar-refractivity contribution is -0.148. The average molecular weight is 556 g/mol. The van der Waals surface area contributed by atoms with Gasteiger partial charge in [0.15, 0.2) is 5.82 Å². The number of halogens is 3. The fourth-order valence-corrected chi connectivity index (χ4v) is 7.02. The lowest BCUT2D eigenvalue weighted by Gasteiger charge is -2.61. The van der Waals surface area contributed by atoms with E-state index in [2.05, 4.69) is 25.4 Å². The van der Waals surface area contributed by atoms with Gasteiger partial charge >= 0.3 is 6.18 Å². The molecule has 2 aromatic heterocycles. The molecule has 12 heteroatoms. The second-order valence-corrected chi connectivity index (χ2v) is 11.9. The fraction of sp³-hybridized carbons (Fsp3) is 0.536. The lowest BCUT2D eigenvalue weighted by atomic mass is 9.50. The van der Waals surface area contributed by atoms with Gasteiger partial charge in [-0.3, -0.25) is 14.6 Å².